The van der Waals surface area contributed by atoms with Crippen molar-refractivity contribution >= 4 is 11.2 Å². The lowest BCUT2D eigenvalue weighted by Gasteiger charge is -1.99. The topological polar surface area (TPSA) is 56.7 Å². The minimum atomic E-state index is 0.612. The molecular formula is C9H12N4. The molecule has 13 heavy (non-hydrogen) atoms. The third kappa shape index (κ3) is 1.40. The molecular weight excluding hydrogens is 164 g/mol. The zero-order valence-electron chi connectivity index (χ0n) is 7.57. The highest BCUT2D eigenvalue weighted by Crippen LogP contribution is 2.10. The molecule has 0 aromatic carbocycles. The Labute approximate surface area is 76.4 Å². The van der Waals surface area contributed by atoms with Crippen LogP contribution in [0.3, 0.4) is 0 Å². The van der Waals surface area contributed by atoms with Crippen LogP contribution in [-0.2, 0) is 6.54 Å². The van der Waals surface area contributed by atoms with Crippen LogP contribution in [0.5, 0.6) is 0 Å². The molecule has 2 heterocycles. The van der Waals surface area contributed by atoms with Crippen molar-refractivity contribution in [3.63, 3.8) is 0 Å². The van der Waals surface area contributed by atoms with E-state index in [0.29, 0.717) is 6.54 Å². The van der Waals surface area contributed by atoms with E-state index >= 15 is 0 Å². The minimum Gasteiger partial charge on any atom is -0.329 e. The van der Waals surface area contributed by atoms with E-state index in [2.05, 4.69) is 9.97 Å². The zero-order chi connectivity index (χ0) is 9.26. The van der Waals surface area contributed by atoms with E-state index < -0.39 is 0 Å². The van der Waals surface area contributed by atoms with Crippen molar-refractivity contribution in [1.29, 1.82) is 0 Å². The molecule has 0 fully saturated rings. The molecule has 2 aromatic rings. The monoisotopic (exact) mass is 176 g/mol. The van der Waals surface area contributed by atoms with Crippen LogP contribution in [0.2, 0.25) is 0 Å². The Bertz CT molecular complexity index is 418. The van der Waals surface area contributed by atoms with Gasteiger partial charge in [-0.3, -0.25) is 0 Å². The number of hydrogen-bond donors (Lipinski definition) is 1. The summed E-state index contributed by atoms with van der Waals surface area (Å²) in [5, 5.41) is 0. The number of aromatic nitrogens is 3. The molecule has 0 bridgehead atoms. The molecule has 0 saturated heterocycles. The van der Waals surface area contributed by atoms with Crippen LogP contribution in [-0.4, -0.2) is 21.1 Å². The van der Waals surface area contributed by atoms with Gasteiger partial charge in [0.05, 0.1) is 6.33 Å². The summed E-state index contributed by atoms with van der Waals surface area (Å²) in [7, 11) is 0. The molecule has 0 unspecified atom stereocenters. The van der Waals surface area contributed by atoms with Crippen LogP contribution >= 0.6 is 0 Å². The summed E-state index contributed by atoms with van der Waals surface area (Å²) in [5.41, 5.74) is 8.45. The summed E-state index contributed by atoms with van der Waals surface area (Å²) in [5.74, 6) is 0. The molecule has 0 aliphatic rings. The lowest BCUT2D eigenvalue weighted by atomic mass is 10.3. The van der Waals surface area contributed by atoms with E-state index in [1.165, 1.54) is 0 Å². The van der Waals surface area contributed by atoms with E-state index in [0.717, 1.165) is 23.3 Å². The second-order valence-electron chi connectivity index (χ2n) is 3.08. The van der Waals surface area contributed by atoms with Gasteiger partial charge in [-0.2, -0.15) is 0 Å². The molecule has 0 saturated carbocycles. The highest BCUT2D eigenvalue weighted by molar-refractivity contribution is 5.71. The first-order chi connectivity index (χ1) is 6.31. The van der Waals surface area contributed by atoms with Crippen molar-refractivity contribution in [2.24, 2.45) is 5.73 Å². The number of rotatable bonds is 2. The maximum absolute atomic E-state index is 5.46. The van der Waals surface area contributed by atoms with Crippen LogP contribution < -0.4 is 5.73 Å². The summed E-state index contributed by atoms with van der Waals surface area (Å²) < 4.78 is 1.97. The average molecular weight is 176 g/mol. The van der Waals surface area contributed by atoms with E-state index in [9.17, 15) is 0 Å². The predicted octanol–water partition coefficient (Wildman–Crippen LogP) is 0.698. The lowest BCUT2D eigenvalue weighted by molar-refractivity contribution is 0.721. The largest absolute Gasteiger partial charge is 0.329 e. The lowest BCUT2D eigenvalue weighted by Crippen LogP contribution is -2.09. The highest BCUT2D eigenvalue weighted by atomic mass is 15.1. The second-order valence-corrected chi connectivity index (χ2v) is 3.08. The Morgan fingerprint density at radius 3 is 3.08 bits per heavy atom. The van der Waals surface area contributed by atoms with Gasteiger partial charge in [0.2, 0.25) is 0 Å². The van der Waals surface area contributed by atoms with Crippen molar-refractivity contribution in [1.82, 2.24) is 14.5 Å². The molecule has 4 nitrogen and oxygen atoms in total. The number of aryl methyl sites for hydroxylation is 1. The fourth-order valence-electron chi connectivity index (χ4n) is 1.35. The Balaban J connectivity index is 2.55. The Morgan fingerprint density at radius 1 is 1.46 bits per heavy atom. The van der Waals surface area contributed by atoms with Crippen molar-refractivity contribution in [3.8, 4) is 0 Å². The van der Waals surface area contributed by atoms with Crippen LogP contribution in [0.1, 0.15) is 5.56 Å². The summed E-state index contributed by atoms with van der Waals surface area (Å²) in [6.45, 7) is 3.39. The first-order valence-corrected chi connectivity index (χ1v) is 4.29. The maximum Gasteiger partial charge on any atom is 0.159 e. The molecule has 0 aliphatic heterocycles. The standard InChI is InChI=1S/C9H12N4/c1-7-4-8-9(11-5-7)13(3-2-10)6-12-8/h4-6H,2-3,10H2,1H3. The van der Waals surface area contributed by atoms with Crippen LogP contribution in [0.25, 0.3) is 11.2 Å². The van der Waals surface area contributed by atoms with Gasteiger partial charge in [-0.1, -0.05) is 0 Å². The van der Waals surface area contributed by atoms with Gasteiger partial charge in [-0.15, -0.1) is 0 Å². The molecule has 0 radical (unpaired) electrons. The van der Waals surface area contributed by atoms with Crippen LogP contribution in [0, 0.1) is 6.92 Å². The summed E-state index contributed by atoms with van der Waals surface area (Å²) >= 11 is 0. The predicted molar refractivity (Wildman–Crippen MR) is 51.3 cm³/mol. The quantitative estimate of drug-likeness (QED) is 0.732. The Hall–Kier alpha value is -1.42. The minimum absolute atomic E-state index is 0.612. The first-order valence-electron chi connectivity index (χ1n) is 4.29. The Kier molecular flexibility index (Phi) is 1.98. The second kappa shape index (κ2) is 3.14. The molecule has 2 aromatic heterocycles. The molecule has 0 spiro atoms. The van der Waals surface area contributed by atoms with E-state index in [1.807, 2.05) is 23.8 Å². The number of pyridine rings is 1. The number of fused-ring (bicyclic) bond motifs is 1. The van der Waals surface area contributed by atoms with Gasteiger partial charge in [0.25, 0.3) is 0 Å². The SMILES string of the molecule is Cc1cnc2c(c1)ncn2CCN. The molecule has 4 heteroatoms. The maximum atomic E-state index is 5.46. The zero-order valence-corrected chi connectivity index (χ0v) is 7.57. The molecule has 68 valence electrons. The van der Waals surface area contributed by atoms with E-state index in [-0.39, 0.29) is 0 Å². The average Bonchev–Trinajstić information content (AvgIpc) is 2.49. The van der Waals surface area contributed by atoms with Crippen LogP contribution in [0.15, 0.2) is 18.6 Å². The van der Waals surface area contributed by atoms with Gasteiger partial charge >= 0.3 is 0 Å². The van der Waals surface area contributed by atoms with Crippen molar-refractivity contribution in [2.75, 3.05) is 6.54 Å². The Morgan fingerprint density at radius 2 is 2.31 bits per heavy atom. The third-order valence-corrected chi connectivity index (χ3v) is 1.96. The molecule has 0 atom stereocenters. The number of nitrogens with two attached hydrogens (primary N) is 1. The van der Waals surface area contributed by atoms with Crippen molar-refractivity contribution < 1.29 is 0 Å². The summed E-state index contributed by atoms with van der Waals surface area (Å²) in [6, 6.07) is 2.02. The van der Waals surface area contributed by atoms with Gasteiger partial charge in [-0.05, 0) is 18.6 Å². The van der Waals surface area contributed by atoms with Crippen LogP contribution in [0.4, 0.5) is 0 Å². The first kappa shape index (κ1) is 8.19. The molecule has 2 N–H and O–H groups in total. The van der Waals surface area contributed by atoms with E-state index in [1.54, 1.807) is 6.33 Å². The number of hydrogen-bond acceptors (Lipinski definition) is 3. The molecule has 2 rings (SSSR count). The van der Waals surface area contributed by atoms with Crippen molar-refractivity contribution in [2.45, 2.75) is 13.5 Å². The smallest absolute Gasteiger partial charge is 0.159 e. The summed E-state index contributed by atoms with van der Waals surface area (Å²) in [6.07, 6.45) is 3.63. The summed E-state index contributed by atoms with van der Waals surface area (Å²) in [4.78, 5) is 8.55. The van der Waals surface area contributed by atoms with Gasteiger partial charge in [-0.25, -0.2) is 9.97 Å². The molecule has 0 aliphatic carbocycles. The third-order valence-electron chi connectivity index (χ3n) is 1.96. The number of imidazole rings is 1. The highest BCUT2D eigenvalue weighted by Gasteiger charge is 2.02. The van der Waals surface area contributed by atoms with Gasteiger partial charge in [0, 0.05) is 19.3 Å². The molecule has 0 amide bonds. The fraction of sp³-hybridized carbons (Fsp3) is 0.333. The number of nitrogens with zero attached hydrogens (tertiary/aromatic N) is 3. The van der Waals surface area contributed by atoms with Gasteiger partial charge in [0.1, 0.15) is 5.52 Å². The van der Waals surface area contributed by atoms with Crippen molar-refractivity contribution in [3.05, 3.63) is 24.2 Å². The van der Waals surface area contributed by atoms with Gasteiger partial charge in [0.15, 0.2) is 5.65 Å². The van der Waals surface area contributed by atoms with E-state index in [4.69, 9.17) is 5.73 Å². The van der Waals surface area contributed by atoms with Gasteiger partial charge < -0.3 is 10.3 Å². The fourth-order valence-corrected chi connectivity index (χ4v) is 1.35. The normalized spacial score (nSPS) is 10.9.